The minimum atomic E-state index is -3.93. The van der Waals surface area contributed by atoms with E-state index in [0.717, 1.165) is 17.4 Å². The van der Waals surface area contributed by atoms with Crippen molar-refractivity contribution in [2.75, 3.05) is 32.8 Å². The van der Waals surface area contributed by atoms with E-state index in [4.69, 9.17) is 16.3 Å². The summed E-state index contributed by atoms with van der Waals surface area (Å²) in [6.45, 7) is 1.04. The minimum absolute atomic E-state index is 0.0708. The number of halogens is 2. The van der Waals surface area contributed by atoms with Gasteiger partial charge in [0.05, 0.1) is 5.92 Å². The molecule has 1 saturated heterocycles. The molecule has 0 spiro atoms. The molecule has 6 nitrogen and oxygen atoms in total. The lowest BCUT2D eigenvalue weighted by Gasteiger charge is -2.36. The van der Waals surface area contributed by atoms with E-state index in [1.54, 1.807) is 23.1 Å². The van der Waals surface area contributed by atoms with Gasteiger partial charge in [-0.05, 0) is 42.3 Å². The molecule has 0 unspecified atom stereocenters. The number of amides is 1. The number of rotatable bonds is 3. The van der Waals surface area contributed by atoms with Crippen LogP contribution in [0.5, 0.6) is 5.75 Å². The summed E-state index contributed by atoms with van der Waals surface area (Å²) in [6.07, 6.45) is 0.530. The first-order valence-electron chi connectivity index (χ1n) is 9.31. The third-order valence-corrected chi connectivity index (χ3v) is 7.45. The molecule has 0 aliphatic carbocycles. The summed E-state index contributed by atoms with van der Waals surface area (Å²) < 4.78 is 46.3. The molecule has 154 valence electrons. The van der Waals surface area contributed by atoms with Gasteiger partial charge in [0, 0.05) is 31.2 Å². The topological polar surface area (TPSA) is 66.9 Å². The molecule has 9 heteroatoms. The fourth-order valence-corrected chi connectivity index (χ4v) is 5.40. The highest BCUT2D eigenvalue weighted by Crippen LogP contribution is 2.31. The Balaban J connectivity index is 1.41. The summed E-state index contributed by atoms with van der Waals surface area (Å²) in [6, 6.07) is 10.7. The fraction of sp³-hybridized carbons (Fsp3) is 0.350. The van der Waals surface area contributed by atoms with Gasteiger partial charge in [-0.1, -0.05) is 23.7 Å². The van der Waals surface area contributed by atoms with Crippen molar-refractivity contribution in [3.05, 3.63) is 58.9 Å². The second-order valence-corrected chi connectivity index (χ2v) is 9.47. The van der Waals surface area contributed by atoms with Gasteiger partial charge >= 0.3 is 0 Å². The predicted molar refractivity (Wildman–Crippen MR) is 106 cm³/mol. The third-order valence-electron chi connectivity index (χ3n) is 5.28. The van der Waals surface area contributed by atoms with Gasteiger partial charge in [-0.2, -0.15) is 4.31 Å². The van der Waals surface area contributed by atoms with E-state index >= 15 is 0 Å². The molecule has 4 rings (SSSR count). The maximum absolute atomic E-state index is 13.9. The molecule has 2 aromatic rings. The highest BCUT2D eigenvalue weighted by molar-refractivity contribution is 7.89. The number of nitrogens with zero attached hydrogens (tertiary/aromatic N) is 2. The zero-order chi connectivity index (χ0) is 20.6. The molecule has 2 heterocycles. The van der Waals surface area contributed by atoms with Crippen LogP contribution in [-0.4, -0.2) is 56.3 Å². The molecule has 2 aliphatic rings. The average molecular weight is 439 g/mol. The van der Waals surface area contributed by atoms with Crippen molar-refractivity contribution in [1.29, 1.82) is 0 Å². The standard InChI is InChI=1S/C20H20ClFN2O4S/c21-16-5-6-18-14(12-16)11-15(13-28-18)20(25)23-7-9-24(10-8-23)29(26,27)19-4-2-1-3-17(19)22/h1-6,12,15H,7-11,13H2/t15-/m0/s1. The zero-order valence-corrected chi connectivity index (χ0v) is 17.1. The molecule has 1 atom stereocenters. The van der Waals surface area contributed by atoms with Gasteiger partial charge < -0.3 is 9.64 Å². The predicted octanol–water partition coefficient (Wildman–Crippen LogP) is 2.56. The number of carbonyl (C=O) groups excluding carboxylic acids is 1. The number of carbonyl (C=O) groups is 1. The molecule has 29 heavy (non-hydrogen) atoms. The Morgan fingerprint density at radius 2 is 1.83 bits per heavy atom. The van der Waals surface area contributed by atoms with Gasteiger partial charge in [0.15, 0.2) is 0 Å². The second kappa shape index (κ2) is 7.93. The van der Waals surface area contributed by atoms with E-state index < -0.39 is 15.8 Å². The number of sulfonamides is 1. The van der Waals surface area contributed by atoms with Crippen molar-refractivity contribution in [2.24, 2.45) is 5.92 Å². The Morgan fingerprint density at radius 1 is 1.10 bits per heavy atom. The first kappa shape index (κ1) is 20.1. The summed E-state index contributed by atoms with van der Waals surface area (Å²) >= 11 is 6.03. The van der Waals surface area contributed by atoms with Crippen molar-refractivity contribution in [3.63, 3.8) is 0 Å². The molecule has 0 saturated carbocycles. The number of benzene rings is 2. The van der Waals surface area contributed by atoms with Crippen LogP contribution in [0.4, 0.5) is 4.39 Å². The summed E-state index contributed by atoms with van der Waals surface area (Å²) in [5.41, 5.74) is 0.892. The first-order valence-corrected chi connectivity index (χ1v) is 11.1. The van der Waals surface area contributed by atoms with Crippen molar-refractivity contribution in [3.8, 4) is 5.75 Å². The Hall–Kier alpha value is -2.16. The number of piperazine rings is 1. The molecule has 0 radical (unpaired) electrons. The quantitative estimate of drug-likeness (QED) is 0.738. The van der Waals surface area contributed by atoms with Gasteiger partial charge in [0.1, 0.15) is 23.1 Å². The lowest BCUT2D eigenvalue weighted by atomic mass is 9.95. The van der Waals surface area contributed by atoms with E-state index in [2.05, 4.69) is 0 Å². The van der Waals surface area contributed by atoms with Crippen LogP contribution < -0.4 is 4.74 Å². The molecule has 1 fully saturated rings. The fourth-order valence-electron chi connectivity index (χ4n) is 3.72. The highest BCUT2D eigenvalue weighted by Gasteiger charge is 2.35. The van der Waals surface area contributed by atoms with Crippen molar-refractivity contribution >= 4 is 27.5 Å². The first-order chi connectivity index (χ1) is 13.9. The van der Waals surface area contributed by atoms with Gasteiger partial charge in [0.2, 0.25) is 15.9 Å². The molecule has 2 aliphatic heterocycles. The summed E-state index contributed by atoms with van der Waals surface area (Å²) in [5.74, 6) is -0.448. The lowest BCUT2D eigenvalue weighted by Crippen LogP contribution is -2.53. The summed E-state index contributed by atoms with van der Waals surface area (Å²) in [5, 5.41) is 0.590. The number of fused-ring (bicyclic) bond motifs is 1. The third kappa shape index (κ3) is 3.97. The van der Waals surface area contributed by atoms with Crippen molar-refractivity contribution in [1.82, 2.24) is 9.21 Å². The second-order valence-electron chi connectivity index (χ2n) is 7.12. The van der Waals surface area contributed by atoms with Crippen LogP contribution in [0.25, 0.3) is 0 Å². The van der Waals surface area contributed by atoms with E-state index in [9.17, 15) is 17.6 Å². The van der Waals surface area contributed by atoms with Crippen LogP contribution in [-0.2, 0) is 21.2 Å². The Labute approximate surface area is 173 Å². The SMILES string of the molecule is O=C([C@@H]1COc2ccc(Cl)cc2C1)N1CCN(S(=O)(=O)c2ccccc2F)CC1. The molecular formula is C20H20ClFN2O4S. The molecule has 1 amide bonds. The minimum Gasteiger partial charge on any atom is -0.492 e. The van der Waals surface area contributed by atoms with Crippen LogP contribution in [0.15, 0.2) is 47.4 Å². The number of hydrogen-bond donors (Lipinski definition) is 0. The Morgan fingerprint density at radius 3 is 2.55 bits per heavy atom. The molecule has 2 aromatic carbocycles. The average Bonchev–Trinajstić information content (AvgIpc) is 2.73. The van der Waals surface area contributed by atoms with Crippen molar-refractivity contribution < 1.29 is 22.3 Å². The largest absolute Gasteiger partial charge is 0.492 e. The smallest absolute Gasteiger partial charge is 0.246 e. The molecule has 0 N–H and O–H groups in total. The summed E-state index contributed by atoms with van der Waals surface area (Å²) in [4.78, 5) is 14.2. The molecule has 0 aromatic heterocycles. The number of ether oxygens (including phenoxy) is 1. The van der Waals surface area contributed by atoms with Crippen LogP contribution in [0, 0.1) is 11.7 Å². The van der Waals surface area contributed by atoms with Crippen LogP contribution in [0.1, 0.15) is 5.56 Å². The van der Waals surface area contributed by atoms with Crippen LogP contribution in [0.2, 0.25) is 5.02 Å². The maximum Gasteiger partial charge on any atom is 0.246 e. The molecular weight excluding hydrogens is 419 g/mol. The van der Waals surface area contributed by atoms with Crippen molar-refractivity contribution in [2.45, 2.75) is 11.3 Å². The normalized spacial score (nSPS) is 20.1. The van der Waals surface area contributed by atoms with E-state index in [-0.39, 0.29) is 49.5 Å². The van der Waals surface area contributed by atoms with Crippen LogP contribution >= 0.6 is 11.6 Å². The number of hydrogen-bond acceptors (Lipinski definition) is 4. The van der Waals surface area contributed by atoms with Gasteiger partial charge in [-0.15, -0.1) is 0 Å². The van der Waals surface area contributed by atoms with Gasteiger partial charge in [0.25, 0.3) is 0 Å². The maximum atomic E-state index is 13.9. The highest BCUT2D eigenvalue weighted by atomic mass is 35.5. The zero-order valence-electron chi connectivity index (χ0n) is 15.6. The van der Waals surface area contributed by atoms with E-state index in [1.165, 1.54) is 22.5 Å². The van der Waals surface area contributed by atoms with Gasteiger partial charge in [-0.25, -0.2) is 12.8 Å². The Bertz CT molecular complexity index is 1040. The van der Waals surface area contributed by atoms with Gasteiger partial charge in [-0.3, -0.25) is 4.79 Å². The Kier molecular flexibility index (Phi) is 5.50. The van der Waals surface area contributed by atoms with Crippen LogP contribution in [0.3, 0.4) is 0 Å². The van der Waals surface area contributed by atoms with E-state index in [1.807, 2.05) is 0 Å². The monoisotopic (exact) mass is 438 g/mol. The van der Waals surface area contributed by atoms with E-state index in [0.29, 0.717) is 11.4 Å². The molecule has 0 bridgehead atoms. The summed E-state index contributed by atoms with van der Waals surface area (Å²) in [7, 11) is -3.93. The lowest BCUT2D eigenvalue weighted by molar-refractivity contribution is -0.138.